The molecule has 0 saturated carbocycles. The molecule has 2 aromatic heterocycles. The first-order valence-corrected chi connectivity index (χ1v) is 8.04. The summed E-state index contributed by atoms with van der Waals surface area (Å²) in [6.07, 6.45) is 2.00. The lowest BCUT2D eigenvalue weighted by Crippen LogP contribution is -2.13. The third-order valence-electron chi connectivity index (χ3n) is 2.55. The highest BCUT2D eigenvalue weighted by molar-refractivity contribution is 7.13. The number of thiazole rings is 1. The van der Waals surface area contributed by atoms with Crippen LogP contribution in [0.3, 0.4) is 0 Å². The van der Waals surface area contributed by atoms with Crippen molar-refractivity contribution in [2.24, 2.45) is 0 Å². The zero-order chi connectivity index (χ0) is 13.5. The van der Waals surface area contributed by atoms with Gasteiger partial charge in [0.05, 0.1) is 17.8 Å². The number of nitrogens with one attached hydrogen (secondary N) is 1. The third kappa shape index (κ3) is 4.52. The largest absolute Gasteiger partial charge is 0.469 e. The van der Waals surface area contributed by atoms with Gasteiger partial charge in [-0.1, -0.05) is 18.3 Å². The Bertz CT molecular complexity index is 497. The number of hydrogen-bond acceptors (Lipinski definition) is 7. The summed E-state index contributed by atoms with van der Waals surface area (Å²) in [7, 11) is 0. The Morgan fingerprint density at radius 2 is 2.26 bits per heavy atom. The summed E-state index contributed by atoms with van der Waals surface area (Å²) in [6.45, 7) is 6.56. The molecule has 0 radical (unpaired) electrons. The van der Waals surface area contributed by atoms with Gasteiger partial charge in [0.15, 0.2) is 0 Å². The first-order chi connectivity index (χ1) is 9.29. The highest BCUT2D eigenvalue weighted by Crippen LogP contribution is 2.19. The molecular weight excluding hydrogens is 280 g/mol. The lowest BCUT2D eigenvalue weighted by molar-refractivity contribution is 0.318. The number of nitrogens with zero attached hydrogens (tertiary/aromatic N) is 3. The standard InChI is InChI=1S/C12H18N4OS2/c1-3-5-13-7-11-15-16-12(19-11)17-6-4-10-9(2)14-8-18-10/h8,13H,3-7H2,1-2H3. The monoisotopic (exact) mass is 298 g/mol. The molecule has 2 aromatic rings. The molecule has 104 valence electrons. The van der Waals surface area contributed by atoms with E-state index in [-0.39, 0.29) is 0 Å². The number of rotatable bonds is 8. The minimum absolute atomic E-state index is 0.625. The van der Waals surface area contributed by atoms with Gasteiger partial charge in [0, 0.05) is 17.8 Å². The summed E-state index contributed by atoms with van der Waals surface area (Å²) in [6, 6.07) is 0. The lowest BCUT2D eigenvalue weighted by Gasteiger charge is -2.00. The number of ether oxygens (including phenoxy) is 1. The van der Waals surface area contributed by atoms with Crippen molar-refractivity contribution in [1.82, 2.24) is 20.5 Å². The molecule has 19 heavy (non-hydrogen) atoms. The molecule has 0 bridgehead atoms. The van der Waals surface area contributed by atoms with Crippen molar-refractivity contribution in [3.05, 3.63) is 21.1 Å². The van der Waals surface area contributed by atoms with Crippen molar-refractivity contribution in [1.29, 1.82) is 0 Å². The van der Waals surface area contributed by atoms with Gasteiger partial charge in [0.25, 0.3) is 5.19 Å². The van der Waals surface area contributed by atoms with Crippen LogP contribution in [0.4, 0.5) is 0 Å². The van der Waals surface area contributed by atoms with E-state index in [4.69, 9.17) is 4.74 Å². The fourth-order valence-electron chi connectivity index (χ4n) is 1.54. The zero-order valence-electron chi connectivity index (χ0n) is 11.2. The Labute approximate surface area is 121 Å². The van der Waals surface area contributed by atoms with Crippen LogP contribution in [0.1, 0.15) is 28.9 Å². The maximum absolute atomic E-state index is 5.62. The SMILES string of the molecule is CCCNCc1nnc(OCCc2scnc2C)s1. The maximum Gasteiger partial charge on any atom is 0.294 e. The van der Waals surface area contributed by atoms with Gasteiger partial charge < -0.3 is 10.1 Å². The molecular formula is C12H18N4OS2. The van der Waals surface area contributed by atoms with Crippen LogP contribution in [0.5, 0.6) is 5.19 Å². The second kappa shape index (κ2) is 7.52. The quantitative estimate of drug-likeness (QED) is 0.758. The molecule has 0 aliphatic carbocycles. The topological polar surface area (TPSA) is 59.9 Å². The summed E-state index contributed by atoms with van der Waals surface area (Å²) in [5.74, 6) is 0. The van der Waals surface area contributed by atoms with Gasteiger partial charge >= 0.3 is 0 Å². The number of aromatic nitrogens is 3. The van der Waals surface area contributed by atoms with Crippen LogP contribution in [-0.4, -0.2) is 28.3 Å². The first-order valence-electron chi connectivity index (χ1n) is 6.34. The van der Waals surface area contributed by atoms with E-state index in [0.29, 0.717) is 11.8 Å². The van der Waals surface area contributed by atoms with Crippen LogP contribution in [0.15, 0.2) is 5.51 Å². The van der Waals surface area contributed by atoms with E-state index in [9.17, 15) is 0 Å². The molecule has 0 aliphatic heterocycles. The van der Waals surface area contributed by atoms with Crippen molar-refractivity contribution >= 4 is 22.7 Å². The molecule has 0 saturated heterocycles. The van der Waals surface area contributed by atoms with Crippen LogP contribution in [0, 0.1) is 6.92 Å². The molecule has 0 fully saturated rings. The summed E-state index contributed by atoms with van der Waals surface area (Å²) >= 11 is 3.18. The van der Waals surface area contributed by atoms with E-state index in [0.717, 1.165) is 36.6 Å². The Hall–Kier alpha value is -1.05. The number of hydrogen-bond donors (Lipinski definition) is 1. The van der Waals surface area contributed by atoms with E-state index in [1.165, 1.54) is 16.2 Å². The van der Waals surface area contributed by atoms with E-state index in [1.54, 1.807) is 11.3 Å². The number of aryl methyl sites for hydroxylation is 1. The highest BCUT2D eigenvalue weighted by Gasteiger charge is 2.06. The van der Waals surface area contributed by atoms with Crippen LogP contribution < -0.4 is 10.1 Å². The molecule has 0 unspecified atom stereocenters. The predicted molar refractivity (Wildman–Crippen MR) is 78.0 cm³/mol. The third-order valence-corrected chi connectivity index (χ3v) is 4.38. The molecule has 0 aromatic carbocycles. The average Bonchev–Trinajstić information content (AvgIpc) is 3.00. The molecule has 2 rings (SSSR count). The fourth-order valence-corrected chi connectivity index (χ4v) is 2.98. The Balaban J connectivity index is 1.73. The smallest absolute Gasteiger partial charge is 0.294 e. The summed E-state index contributed by atoms with van der Waals surface area (Å²) < 4.78 is 5.62. The van der Waals surface area contributed by atoms with E-state index < -0.39 is 0 Å². The lowest BCUT2D eigenvalue weighted by atomic mass is 10.3. The Kier molecular flexibility index (Phi) is 5.68. The summed E-state index contributed by atoms with van der Waals surface area (Å²) in [5, 5.41) is 13.0. The molecule has 0 aliphatic rings. The molecule has 7 heteroatoms. The molecule has 0 spiro atoms. The maximum atomic E-state index is 5.62. The van der Waals surface area contributed by atoms with Crippen molar-refractivity contribution in [3.63, 3.8) is 0 Å². The molecule has 2 heterocycles. The van der Waals surface area contributed by atoms with Crippen LogP contribution in [0.25, 0.3) is 0 Å². The summed E-state index contributed by atoms with van der Waals surface area (Å²) in [5.41, 5.74) is 2.96. The minimum atomic E-state index is 0.625. The van der Waals surface area contributed by atoms with Crippen molar-refractivity contribution in [3.8, 4) is 5.19 Å². The second-order valence-corrected chi connectivity index (χ2v) is 6.06. The van der Waals surface area contributed by atoms with Gasteiger partial charge in [-0.3, -0.25) is 0 Å². The Morgan fingerprint density at radius 1 is 1.37 bits per heavy atom. The van der Waals surface area contributed by atoms with Crippen LogP contribution in [0.2, 0.25) is 0 Å². The second-order valence-electron chi connectivity index (χ2n) is 4.10. The average molecular weight is 298 g/mol. The minimum Gasteiger partial charge on any atom is -0.469 e. The zero-order valence-corrected chi connectivity index (χ0v) is 12.8. The van der Waals surface area contributed by atoms with Crippen LogP contribution >= 0.6 is 22.7 Å². The van der Waals surface area contributed by atoms with Crippen molar-refractivity contribution in [2.75, 3.05) is 13.2 Å². The molecule has 0 atom stereocenters. The van der Waals surface area contributed by atoms with Gasteiger partial charge in [-0.05, 0) is 19.9 Å². The van der Waals surface area contributed by atoms with Gasteiger partial charge in [-0.2, -0.15) is 0 Å². The molecule has 5 nitrogen and oxygen atoms in total. The van der Waals surface area contributed by atoms with E-state index in [1.807, 2.05) is 12.4 Å². The highest BCUT2D eigenvalue weighted by atomic mass is 32.1. The fraction of sp³-hybridized carbons (Fsp3) is 0.583. The van der Waals surface area contributed by atoms with E-state index >= 15 is 0 Å². The van der Waals surface area contributed by atoms with Crippen molar-refractivity contribution in [2.45, 2.75) is 33.2 Å². The predicted octanol–water partition coefficient (Wildman–Crippen LogP) is 2.42. The van der Waals surface area contributed by atoms with Crippen LogP contribution in [-0.2, 0) is 13.0 Å². The van der Waals surface area contributed by atoms with E-state index in [2.05, 4.69) is 27.4 Å². The normalized spacial score (nSPS) is 10.8. The van der Waals surface area contributed by atoms with Gasteiger partial charge in [-0.25, -0.2) is 4.98 Å². The van der Waals surface area contributed by atoms with Crippen molar-refractivity contribution < 1.29 is 4.74 Å². The Morgan fingerprint density at radius 3 is 3.00 bits per heavy atom. The van der Waals surface area contributed by atoms with Gasteiger partial charge in [0.2, 0.25) is 0 Å². The molecule has 1 N–H and O–H groups in total. The summed E-state index contributed by atoms with van der Waals surface area (Å²) in [4.78, 5) is 5.49. The van der Waals surface area contributed by atoms with Gasteiger partial charge in [-0.15, -0.1) is 21.5 Å². The molecule has 0 amide bonds. The first kappa shape index (κ1) is 14.4. The van der Waals surface area contributed by atoms with Gasteiger partial charge in [0.1, 0.15) is 5.01 Å².